The molecule has 0 aliphatic rings. The van der Waals surface area contributed by atoms with Crippen LogP contribution in [-0.2, 0) is 0 Å². The van der Waals surface area contributed by atoms with Crippen molar-refractivity contribution in [2.75, 3.05) is 10.6 Å². The molecule has 6 heteroatoms. The van der Waals surface area contributed by atoms with E-state index < -0.39 is 0 Å². The third kappa shape index (κ3) is 3.30. The highest BCUT2D eigenvalue weighted by Gasteiger charge is 2.08. The first-order valence-electron chi connectivity index (χ1n) is 6.58. The van der Waals surface area contributed by atoms with Gasteiger partial charge in [-0.15, -0.1) is 0 Å². The second-order valence-corrected chi connectivity index (χ2v) is 5.28. The number of nitrogens with zero attached hydrogens (tertiary/aromatic N) is 2. The summed E-state index contributed by atoms with van der Waals surface area (Å²) in [4.78, 5) is 8.45. The van der Waals surface area contributed by atoms with Gasteiger partial charge in [-0.25, -0.2) is 9.97 Å². The Morgan fingerprint density at radius 2 is 1.09 bits per heavy atom. The fraction of sp³-hybridized carbons (Fsp3) is 0. The van der Waals surface area contributed by atoms with Crippen molar-refractivity contribution in [1.29, 1.82) is 0 Å². The van der Waals surface area contributed by atoms with E-state index in [2.05, 4.69) is 20.6 Å². The lowest BCUT2D eigenvalue weighted by molar-refractivity contribution is 1.29. The van der Waals surface area contributed by atoms with Crippen molar-refractivity contribution in [2.24, 2.45) is 0 Å². The van der Waals surface area contributed by atoms with E-state index in [9.17, 15) is 0 Å². The molecule has 0 bridgehead atoms. The zero-order valence-corrected chi connectivity index (χ0v) is 12.9. The Balaban J connectivity index is 1.91. The van der Waals surface area contributed by atoms with Gasteiger partial charge in [0.15, 0.2) is 0 Å². The molecular weight excluding hydrogens is 319 g/mol. The van der Waals surface area contributed by atoms with Crippen LogP contribution in [0.3, 0.4) is 0 Å². The van der Waals surface area contributed by atoms with Gasteiger partial charge in [0.1, 0.15) is 11.6 Å². The molecule has 2 aromatic heterocycles. The van der Waals surface area contributed by atoms with Crippen molar-refractivity contribution >= 4 is 46.2 Å². The molecule has 4 nitrogen and oxygen atoms in total. The molecule has 110 valence electrons. The van der Waals surface area contributed by atoms with Crippen molar-refractivity contribution in [2.45, 2.75) is 0 Å². The smallest absolute Gasteiger partial charge is 0.149 e. The summed E-state index contributed by atoms with van der Waals surface area (Å²) in [6, 6.07) is 14.8. The zero-order chi connectivity index (χ0) is 15.4. The van der Waals surface area contributed by atoms with E-state index in [1.165, 1.54) is 0 Å². The van der Waals surface area contributed by atoms with E-state index in [-0.39, 0.29) is 0 Å². The maximum atomic E-state index is 6.13. The topological polar surface area (TPSA) is 49.8 Å². The maximum Gasteiger partial charge on any atom is 0.149 e. The summed E-state index contributed by atoms with van der Waals surface area (Å²) in [5, 5.41) is 7.51. The van der Waals surface area contributed by atoms with E-state index in [0.717, 1.165) is 11.4 Å². The lowest BCUT2D eigenvalue weighted by Crippen LogP contribution is -2.00. The molecule has 0 spiro atoms. The van der Waals surface area contributed by atoms with Crippen molar-refractivity contribution in [3.05, 3.63) is 71.0 Å². The van der Waals surface area contributed by atoms with Crippen molar-refractivity contribution in [3.8, 4) is 0 Å². The van der Waals surface area contributed by atoms with Gasteiger partial charge in [-0.05, 0) is 36.4 Å². The molecular formula is C16H12Cl2N4. The Hall–Kier alpha value is -2.30. The lowest BCUT2D eigenvalue weighted by atomic mass is 10.2. The van der Waals surface area contributed by atoms with Crippen LogP contribution in [0.2, 0.25) is 10.0 Å². The highest BCUT2D eigenvalue weighted by atomic mass is 35.5. The number of halogens is 2. The molecule has 0 radical (unpaired) electrons. The van der Waals surface area contributed by atoms with E-state index >= 15 is 0 Å². The van der Waals surface area contributed by atoms with Gasteiger partial charge in [0.05, 0.1) is 21.4 Å². The summed E-state index contributed by atoms with van der Waals surface area (Å²) in [7, 11) is 0. The second kappa shape index (κ2) is 6.64. The minimum atomic E-state index is 0.549. The molecule has 0 atom stereocenters. The van der Waals surface area contributed by atoms with Gasteiger partial charge in [0, 0.05) is 12.4 Å². The van der Waals surface area contributed by atoms with Gasteiger partial charge in [0.2, 0.25) is 0 Å². The SMILES string of the molecule is Clc1cccnc1Nc1ccccc1Nc1ncccc1Cl. The maximum absolute atomic E-state index is 6.13. The van der Waals surface area contributed by atoms with Crippen LogP contribution in [0.4, 0.5) is 23.0 Å². The van der Waals surface area contributed by atoms with Crippen LogP contribution >= 0.6 is 23.2 Å². The zero-order valence-electron chi connectivity index (χ0n) is 11.4. The van der Waals surface area contributed by atoms with Crippen LogP contribution in [0.15, 0.2) is 60.9 Å². The Morgan fingerprint density at radius 1 is 0.636 bits per heavy atom. The van der Waals surface area contributed by atoms with Gasteiger partial charge in [-0.3, -0.25) is 0 Å². The quantitative estimate of drug-likeness (QED) is 0.684. The Labute approximate surface area is 138 Å². The molecule has 3 rings (SSSR count). The van der Waals surface area contributed by atoms with Crippen molar-refractivity contribution < 1.29 is 0 Å². The van der Waals surface area contributed by atoms with E-state index in [4.69, 9.17) is 23.2 Å². The molecule has 0 aliphatic heterocycles. The van der Waals surface area contributed by atoms with Crippen molar-refractivity contribution in [3.63, 3.8) is 0 Å². The highest BCUT2D eigenvalue weighted by Crippen LogP contribution is 2.31. The number of nitrogens with one attached hydrogen (secondary N) is 2. The fourth-order valence-corrected chi connectivity index (χ4v) is 2.25. The number of hydrogen-bond acceptors (Lipinski definition) is 4. The third-order valence-electron chi connectivity index (χ3n) is 2.95. The second-order valence-electron chi connectivity index (χ2n) is 4.46. The van der Waals surface area contributed by atoms with E-state index in [1.807, 2.05) is 24.3 Å². The summed E-state index contributed by atoms with van der Waals surface area (Å²) < 4.78 is 0. The number of aromatic nitrogens is 2. The molecule has 0 aliphatic carbocycles. The first-order valence-corrected chi connectivity index (χ1v) is 7.34. The van der Waals surface area contributed by atoms with Crippen LogP contribution in [-0.4, -0.2) is 9.97 Å². The third-order valence-corrected chi connectivity index (χ3v) is 3.56. The highest BCUT2D eigenvalue weighted by molar-refractivity contribution is 6.33. The molecule has 0 amide bonds. The molecule has 0 saturated heterocycles. The largest absolute Gasteiger partial charge is 0.337 e. The van der Waals surface area contributed by atoms with Crippen LogP contribution in [0.5, 0.6) is 0 Å². The number of pyridine rings is 2. The summed E-state index contributed by atoms with van der Waals surface area (Å²) in [6.45, 7) is 0. The normalized spacial score (nSPS) is 10.3. The van der Waals surface area contributed by atoms with Gasteiger partial charge in [-0.1, -0.05) is 35.3 Å². The Bertz CT molecular complexity index is 726. The Kier molecular flexibility index (Phi) is 4.42. The van der Waals surface area contributed by atoms with Gasteiger partial charge in [0.25, 0.3) is 0 Å². The van der Waals surface area contributed by atoms with Crippen molar-refractivity contribution in [1.82, 2.24) is 9.97 Å². The van der Waals surface area contributed by atoms with E-state index in [1.54, 1.807) is 36.7 Å². The minimum Gasteiger partial charge on any atom is -0.337 e. The number of hydrogen-bond donors (Lipinski definition) is 2. The molecule has 1 aromatic carbocycles. The molecule has 2 heterocycles. The lowest BCUT2D eigenvalue weighted by Gasteiger charge is -2.14. The van der Waals surface area contributed by atoms with Gasteiger partial charge in [-0.2, -0.15) is 0 Å². The number of para-hydroxylation sites is 2. The standard InChI is InChI=1S/C16H12Cl2N4/c17-11-5-3-9-19-15(11)21-13-7-1-2-8-14(13)22-16-12(18)6-4-10-20-16/h1-10H,(H,19,21)(H,20,22). The monoisotopic (exact) mass is 330 g/mol. The first kappa shape index (κ1) is 14.6. The molecule has 3 aromatic rings. The Morgan fingerprint density at radius 3 is 1.50 bits per heavy atom. The average Bonchev–Trinajstić information content (AvgIpc) is 2.53. The average molecular weight is 331 g/mol. The van der Waals surface area contributed by atoms with Crippen LogP contribution in [0, 0.1) is 0 Å². The molecule has 0 saturated carbocycles. The predicted octanol–water partition coefficient (Wildman–Crippen LogP) is 5.27. The van der Waals surface area contributed by atoms with Crippen LogP contribution in [0.1, 0.15) is 0 Å². The summed E-state index contributed by atoms with van der Waals surface area (Å²) in [5.41, 5.74) is 1.65. The summed E-state index contributed by atoms with van der Waals surface area (Å²) in [5.74, 6) is 1.18. The fourth-order valence-electron chi connectivity index (χ4n) is 1.91. The summed E-state index contributed by atoms with van der Waals surface area (Å²) >= 11 is 12.3. The molecule has 0 unspecified atom stereocenters. The van der Waals surface area contributed by atoms with Crippen LogP contribution in [0.25, 0.3) is 0 Å². The number of benzene rings is 1. The van der Waals surface area contributed by atoms with E-state index in [0.29, 0.717) is 21.7 Å². The predicted molar refractivity (Wildman–Crippen MR) is 91.5 cm³/mol. The van der Waals surface area contributed by atoms with Gasteiger partial charge >= 0.3 is 0 Å². The first-order chi connectivity index (χ1) is 10.7. The summed E-state index contributed by atoms with van der Waals surface area (Å²) in [6.07, 6.45) is 3.36. The molecule has 22 heavy (non-hydrogen) atoms. The minimum absolute atomic E-state index is 0.549. The number of anilines is 4. The molecule has 2 N–H and O–H groups in total. The van der Waals surface area contributed by atoms with Crippen LogP contribution < -0.4 is 10.6 Å². The van der Waals surface area contributed by atoms with Gasteiger partial charge < -0.3 is 10.6 Å². The number of rotatable bonds is 4. The molecule has 0 fully saturated rings.